The van der Waals surface area contributed by atoms with Gasteiger partial charge in [-0.2, -0.15) is 0 Å². The summed E-state index contributed by atoms with van der Waals surface area (Å²) in [5.74, 6) is -0.0863. The molecule has 0 saturated carbocycles. The van der Waals surface area contributed by atoms with Gasteiger partial charge in [0, 0.05) is 18.5 Å². The average Bonchev–Trinajstić information content (AvgIpc) is 2.46. The maximum Gasteiger partial charge on any atom is 0.337 e. The quantitative estimate of drug-likeness (QED) is 0.759. The van der Waals surface area contributed by atoms with E-state index in [0.717, 1.165) is 12.1 Å². The van der Waals surface area contributed by atoms with E-state index < -0.39 is 0 Å². The van der Waals surface area contributed by atoms with Gasteiger partial charge in [0.05, 0.1) is 18.8 Å². The average molecular weight is 293 g/mol. The molecule has 0 aliphatic carbocycles. The lowest BCUT2D eigenvalue weighted by Crippen LogP contribution is -2.41. The fourth-order valence-electron chi connectivity index (χ4n) is 2.41. The highest BCUT2D eigenvalue weighted by atomic mass is 16.5. The molecule has 21 heavy (non-hydrogen) atoms. The molecular formula is C17H27NO3. The molecule has 1 atom stereocenters. The Morgan fingerprint density at radius 3 is 2.33 bits per heavy atom. The summed E-state index contributed by atoms with van der Waals surface area (Å²) in [7, 11) is 1.37. The van der Waals surface area contributed by atoms with Crippen molar-refractivity contribution in [3.8, 4) is 0 Å². The van der Waals surface area contributed by atoms with E-state index in [4.69, 9.17) is 0 Å². The maximum absolute atomic E-state index is 11.3. The second kappa shape index (κ2) is 7.57. The van der Waals surface area contributed by atoms with Gasteiger partial charge >= 0.3 is 5.97 Å². The first kappa shape index (κ1) is 17.7. The van der Waals surface area contributed by atoms with Crippen LogP contribution in [0.3, 0.4) is 0 Å². The van der Waals surface area contributed by atoms with Gasteiger partial charge in [0.25, 0.3) is 0 Å². The Balaban J connectivity index is 2.51. The van der Waals surface area contributed by atoms with Crippen LogP contribution in [0.15, 0.2) is 24.3 Å². The maximum atomic E-state index is 11.3. The Labute approximate surface area is 127 Å². The molecule has 1 aromatic carbocycles. The minimum Gasteiger partial charge on any atom is -0.465 e. The van der Waals surface area contributed by atoms with Crippen LogP contribution >= 0.6 is 0 Å². The third-order valence-electron chi connectivity index (χ3n) is 3.72. The first-order valence-electron chi connectivity index (χ1n) is 7.34. The van der Waals surface area contributed by atoms with Crippen LogP contribution in [-0.2, 0) is 11.3 Å². The molecule has 0 amide bonds. The Morgan fingerprint density at radius 2 is 1.86 bits per heavy atom. The second-order valence-corrected chi connectivity index (χ2v) is 6.47. The Hall–Kier alpha value is -1.39. The number of methoxy groups -OCH3 is 1. The first-order valence-corrected chi connectivity index (χ1v) is 7.34. The van der Waals surface area contributed by atoms with Crippen LogP contribution in [0.2, 0.25) is 0 Å². The summed E-state index contributed by atoms with van der Waals surface area (Å²) in [5.41, 5.74) is 1.47. The van der Waals surface area contributed by atoms with Crippen LogP contribution in [0.25, 0.3) is 0 Å². The van der Waals surface area contributed by atoms with Crippen LogP contribution in [0.1, 0.15) is 43.6 Å². The summed E-state index contributed by atoms with van der Waals surface area (Å²) in [6.07, 6.45) is -0.341. The number of carbonyl (C=O) groups is 1. The Bertz CT molecular complexity index is 452. The lowest BCUT2D eigenvalue weighted by atomic mass is 9.80. The van der Waals surface area contributed by atoms with E-state index in [1.54, 1.807) is 12.1 Å². The predicted molar refractivity (Wildman–Crippen MR) is 84.1 cm³/mol. The number of aliphatic hydroxyl groups excluding tert-OH is 1. The van der Waals surface area contributed by atoms with Crippen molar-refractivity contribution in [1.82, 2.24) is 5.32 Å². The summed E-state index contributed by atoms with van der Waals surface area (Å²) in [4.78, 5) is 11.3. The van der Waals surface area contributed by atoms with E-state index in [1.807, 2.05) is 26.0 Å². The molecular weight excluding hydrogens is 266 g/mol. The zero-order chi connectivity index (χ0) is 16.0. The highest BCUT2D eigenvalue weighted by Crippen LogP contribution is 2.25. The summed E-state index contributed by atoms with van der Waals surface area (Å²) in [5, 5.41) is 13.5. The zero-order valence-electron chi connectivity index (χ0n) is 13.6. The van der Waals surface area contributed by atoms with Gasteiger partial charge in [-0.25, -0.2) is 4.79 Å². The van der Waals surface area contributed by atoms with E-state index >= 15 is 0 Å². The van der Waals surface area contributed by atoms with Crippen molar-refractivity contribution < 1.29 is 14.6 Å². The second-order valence-electron chi connectivity index (χ2n) is 6.47. The number of ether oxygens (including phenoxy) is 1. The predicted octanol–water partition coefficient (Wildman–Crippen LogP) is 2.61. The molecule has 2 N–H and O–H groups in total. The van der Waals surface area contributed by atoms with Gasteiger partial charge in [0.1, 0.15) is 0 Å². The minimum atomic E-state index is -0.341. The lowest BCUT2D eigenvalue weighted by Gasteiger charge is -2.33. The van der Waals surface area contributed by atoms with E-state index in [0.29, 0.717) is 12.1 Å². The number of hydrogen-bond acceptors (Lipinski definition) is 4. The van der Waals surface area contributed by atoms with Crippen molar-refractivity contribution in [2.75, 3.05) is 13.7 Å². The number of rotatable bonds is 7. The van der Waals surface area contributed by atoms with E-state index in [9.17, 15) is 9.90 Å². The lowest BCUT2D eigenvalue weighted by molar-refractivity contribution is 0.0134. The van der Waals surface area contributed by atoms with Gasteiger partial charge in [-0.3, -0.25) is 0 Å². The van der Waals surface area contributed by atoms with E-state index in [2.05, 4.69) is 23.9 Å². The molecule has 4 heteroatoms. The van der Waals surface area contributed by atoms with Gasteiger partial charge < -0.3 is 15.2 Å². The standard InChI is InChI=1S/C17H27NO3/c1-12(2)15(19)17(3,4)11-18-10-13-6-8-14(9-7-13)16(20)21-5/h6-9,12,15,18-19H,10-11H2,1-5H3. The van der Waals surface area contributed by atoms with Crippen molar-refractivity contribution in [3.63, 3.8) is 0 Å². The van der Waals surface area contributed by atoms with Gasteiger partial charge in [0.2, 0.25) is 0 Å². The molecule has 1 rings (SSSR count). The van der Waals surface area contributed by atoms with Crippen LogP contribution in [-0.4, -0.2) is 30.8 Å². The molecule has 4 nitrogen and oxygen atoms in total. The molecule has 0 aliphatic heterocycles. The molecule has 0 spiro atoms. The molecule has 0 aromatic heterocycles. The topological polar surface area (TPSA) is 58.6 Å². The molecule has 1 aromatic rings. The summed E-state index contributed by atoms with van der Waals surface area (Å²) < 4.78 is 4.67. The van der Waals surface area contributed by atoms with Crippen molar-refractivity contribution in [2.24, 2.45) is 11.3 Å². The number of benzene rings is 1. The third kappa shape index (κ3) is 5.14. The normalized spacial score (nSPS) is 13.3. The third-order valence-corrected chi connectivity index (χ3v) is 3.72. The van der Waals surface area contributed by atoms with Gasteiger partial charge in [-0.1, -0.05) is 39.8 Å². The molecule has 0 fully saturated rings. The fourth-order valence-corrected chi connectivity index (χ4v) is 2.41. The van der Waals surface area contributed by atoms with Crippen molar-refractivity contribution in [1.29, 1.82) is 0 Å². The molecule has 0 heterocycles. The Morgan fingerprint density at radius 1 is 1.29 bits per heavy atom. The van der Waals surface area contributed by atoms with Crippen molar-refractivity contribution in [3.05, 3.63) is 35.4 Å². The van der Waals surface area contributed by atoms with Gasteiger partial charge in [0.15, 0.2) is 0 Å². The molecule has 118 valence electrons. The van der Waals surface area contributed by atoms with Crippen molar-refractivity contribution in [2.45, 2.75) is 40.3 Å². The van der Waals surface area contributed by atoms with Crippen molar-refractivity contribution >= 4 is 5.97 Å². The zero-order valence-corrected chi connectivity index (χ0v) is 13.6. The smallest absolute Gasteiger partial charge is 0.337 e. The minimum absolute atomic E-state index is 0.180. The summed E-state index contributed by atoms with van der Waals surface area (Å²) in [6.45, 7) is 9.60. The molecule has 0 aliphatic rings. The number of hydrogen-bond donors (Lipinski definition) is 2. The first-order chi connectivity index (χ1) is 9.77. The Kier molecular flexibility index (Phi) is 6.37. The number of carbonyl (C=O) groups excluding carboxylic acids is 1. The van der Waals surface area contributed by atoms with E-state index in [1.165, 1.54) is 7.11 Å². The van der Waals surface area contributed by atoms with Crippen LogP contribution < -0.4 is 5.32 Å². The van der Waals surface area contributed by atoms with E-state index in [-0.39, 0.29) is 23.4 Å². The van der Waals surface area contributed by atoms with Crippen LogP contribution in [0.5, 0.6) is 0 Å². The highest BCUT2D eigenvalue weighted by Gasteiger charge is 2.29. The van der Waals surface area contributed by atoms with Crippen LogP contribution in [0, 0.1) is 11.3 Å². The van der Waals surface area contributed by atoms with Crippen LogP contribution in [0.4, 0.5) is 0 Å². The summed E-state index contributed by atoms with van der Waals surface area (Å²) >= 11 is 0. The largest absolute Gasteiger partial charge is 0.465 e. The molecule has 0 bridgehead atoms. The monoisotopic (exact) mass is 293 g/mol. The van der Waals surface area contributed by atoms with Gasteiger partial charge in [-0.15, -0.1) is 0 Å². The highest BCUT2D eigenvalue weighted by molar-refractivity contribution is 5.89. The number of nitrogens with one attached hydrogen (secondary N) is 1. The fraction of sp³-hybridized carbons (Fsp3) is 0.588. The van der Waals surface area contributed by atoms with Gasteiger partial charge in [-0.05, 0) is 23.6 Å². The number of esters is 1. The number of aliphatic hydroxyl groups is 1. The molecule has 0 saturated heterocycles. The summed E-state index contributed by atoms with van der Waals surface area (Å²) in [6, 6.07) is 7.34. The SMILES string of the molecule is COC(=O)c1ccc(CNCC(C)(C)C(O)C(C)C)cc1. The molecule has 1 unspecified atom stereocenters. The molecule has 0 radical (unpaired) electrons.